The lowest BCUT2D eigenvalue weighted by atomic mass is 10.2. The number of H-pyrrole nitrogens is 1. The summed E-state index contributed by atoms with van der Waals surface area (Å²) in [6.45, 7) is 2.87. The fourth-order valence-electron chi connectivity index (χ4n) is 2.32. The number of nitrogens with zero attached hydrogens (tertiary/aromatic N) is 1. The Morgan fingerprint density at radius 1 is 1.40 bits per heavy atom. The third-order valence-corrected chi connectivity index (χ3v) is 4.72. The van der Waals surface area contributed by atoms with E-state index in [4.69, 9.17) is 11.6 Å². The summed E-state index contributed by atoms with van der Waals surface area (Å²) in [6.07, 6.45) is 2.85. The van der Waals surface area contributed by atoms with Crippen molar-refractivity contribution >= 4 is 33.8 Å². The zero-order chi connectivity index (χ0) is 13.9. The molecule has 5 heteroatoms. The Labute approximate surface area is 127 Å². The van der Waals surface area contributed by atoms with Gasteiger partial charge in [0.1, 0.15) is 5.01 Å². The molecule has 0 amide bonds. The summed E-state index contributed by atoms with van der Waals surface area (Å²) < 4.78 is 0. The molecule has 0 radical (unpaired) electrons. The van der Waals surface area contributed by atoms with Gasteiger partial charge in [-0.05, 0) is 12.5 Å². The monoisotopic (exact) mass is 305 g/mol. The summed E-state index contributed by atoms with van der Waals surface area (Å²) in [7, 11) is 0. The molecule has 0 bridgehead atoms. The maximum Gasteiger partial charge on any atom is 0.109 e. The quantitative estimate of drug-likeness (QED) is 0.727. The van der Waals surface area contributed by atoms with Gasteiger partial charge in [0.05, 0.1) is 11.1 Å². The molecule has 1 atom stereocenters. The molecule has 0 fully saturated rings. The molecule has 2 heterocycles. The van der Waals surface area contributed by atoms with Crippen LogP contribution < -0.4 is 5.32 Å². The lowest BCUT2D eigenvalue weighted by Crippen LogP contribution is -2.20. The maximum absolute atomic E-state index is 6.42. The third-order valence-electron chi connectivity index (χ3n) is 3.40. The van der Waals surface area contributed by atoms with Gasteiger partial charge in [-0.25, -0.2) is 4.98 Å². The van der Waals surface area contributed by atoms with Crippen LogP contribution in [0.15, 0.2) is 35.8 Å². The lowest BCUT2D eigenvalue weighted by Gasteiger charge is -2.13. The predicted molar refractivity (Wildman–Crippen MR) is 85.3 cm³/mol. The molecule has 0 aliphatic rings. The van der Waals surface area contributed by atoms with Crippen molar-refractivity contribution in [3.05, 3.63) is 51.6 Å². The molecule has 3 nitrogen and oxygen atoms in total. The number of thiazole rings is 1. The van der Waals surface area contributed by atoms with Crippen LogP contribution in [-0.4, -0.2) is 9.97 Å². The van der Waals surface area contributed by atoms with E-state index in [0.29, 0.717) is 6.54 Å². The fourth-order valence-corrected chi connectivity index (χ4v) is 3.40. The highest BCUT2D eigenvalue weighted by molar-refractivity contribution is 7.09. The summed E-state index contributed by atoms with van der Waals surface area (Å²) in [5, 5.41) is 8.54. The number of fused-ring (bicyclic) bond motifs is 1. The van der Waals surface area contributed by atoms with Crippen LogP contribution in [-0.2, 0) is 6.54 Å². The number of benzene rings is 1. The van der Waals surface area contributed by atoms with E-state index in [0.717, 1.165) is 33.0 Å². The molecule has 0 saturated heterocycles. The number of nitrogens with one attached hydrogen (secondary N) is 2. The SMILES string of the molecule is CCC(NCc1[nH]c2ccccc2c1Cl)c1nccs1. The third kappa shape index (κ3) is 2.59. The van der Waals surface area contributed by atoms with E-state index < -0.39 is 0 Å². The van der Waals surface area contributed by atoms with Crippen molar-refractivity contribution in [1.82, 2.24) is 15.3 Å². The first-order valence-corrected chi connectivity index (χ1v) is 7.93. The molecule has 2 aromatic heterocycles. The average Bonchev–Trinajstić information content (AvgIpc) is 3.10. The molecule has 20 heavy (non-hydrogen) atoms. The maximum atomic E-state index is 6.42. The molecular weight excluding hydrogens is 290 g/mol. The van der Waals surface area contributed by atoms with Gasteiger partial charge in [-0.15, -0.1) is 11.3 Å². The van der Waals surface area contributed by atoms with E-state index in [1.165, 1.54) is 0 Å². The zero-order valence-electron chi connectivity index (χ0n) is 11.2. The number of hydrogen-bond acceptors (Lipinski definition) is 3. The normalized spacial score (nSPS) is 12.9. The van der Waals surface area contributed by atoms with E-state index in [9.17, 15) is 0 Å². The second-order valence-corrected chi connectivity index (χ2v) is 5.98. The van der Waals surface area contributed by atoms with Crippen LogP contribution in [0.5, 0.6) is 0 Å². The van der Waals surface area contributed by atoms with Crippen molar-refractivity contribution < 1.29 is 0 Å². The van der Waals surface area contributed by atoms with Gasteiger partial charge in [-0.3, -0.25) is 0 Å². The Hall–Kier alpha value is -1.36. The number of halogens is 1. The van der Waals surface area contributed by atoms with Crippen LogP contribution in [0.3, 0.4) is 0 Å². The van der Waals surface area contributed by atoms with Gasteiger partial charge in [0.25, 0.3) is 0 Å². The van der Waals surface area contributed by atoms with E-state index >= 15 is 0 Å². The van der Waals surface area contributed by atoms with Gasteiger partial charge >= 0.3 is 0 Å². The van der Waals surface area contributed by atoms with Gasteiger partial charge in [-0.1, -0.05) is 36.7 Å². The lowest BCUT2D eigenvalue weighted by molar-refractivity contribution is 0.513. The summed E-state index contributed by atoms with van der Waals surface area (Å²) in [5.74, 6) is 0. The molecule has 0 saturated carbocycles. The topological polar surface area (TPSA) is 40.7 Å². The van der Waals surface area contributed by atoms with Gasteiger partial charge < -0.3 is 10.3 Å². The molecule has 3 rings (SSSR count). The molecule has 0 aliphatic heterocycles. The van der Waals surface area contributed by atoms with Gasteiger partial charge in [0, 0.05) is 34.7 Å². The number of hydrogen-bond donors (Lipinski definition) is 2. The minimum Gasteiger partial charge on any atom is -0.356 e. The van der Waals surface area contributed by atoms with Crippen molar-refractivity contribution in [2.75, 3.05) is 0 Å². The smallest absolute Gasteiger partial charge is 0.109 e. The Morgan fingerprint density at radius 2 is 2.25 bits per heavy atom. The van der Waals surface area contributed by atoms with Gasteiger partial charge in [0.15, 0.2) is 0 Å². The summed E-state index contributed by atoms with van der Waals surface area (Å²) >= 11 is 8.11. The predicted octanol–water partition coefficient (Wildman–Crippen LogP) is 4.52. The van der Waals surface area contributed by atoms with Crippen molar-refractivity contribution in [3.8, 4) is 0 Å². The van der Waals surface area contributed by atoms with E-state index in [1.54, 1.807) is 11.3 Å². The second-order valence-electron chi connectivity index (χ2n) is 4.68. The first kappa shape index (κ1) is 13.6. The first-order chi connectivity index (χ1) is 9.79. The highest BCUT2D eigenvalue weighted by Gasteiger charge is 2.14. The van der Waals surface area contributed by atoms with Crippen molar-refractivity contribution in [2.45, 2.75) is 25.9 Å². The highest BCUT2D eigenvalue weighted by atomic mass is 35.5. The Morgan fingerprint density at radius 3 is 2.95 bits per heavy atom. The number of aromatic amines is 1. The Kier molecular flexibility index (Phi) is 4.05. The van der Waals surface area contributed by atoms with Crippen molar-refractivity contribution in [2.24, 2.45) is 0 Å². The standard InChI is InChI=1S/C15H16ClN3S/c1-2-11(15-17-7-8-20-15)18-9-13-14(16)10-5-3-4-6-12(10)19-13/h3-8,11,18-19H,2,9H2,1H3. The molecule has 1 aromatic carbocycles. The van der Waals surface area contributed by atoms with E-state index in [1.807, 2.05) is 35.8 Å². The van der Waals surface area contributed by atoms with Crippen LogP contribution in [0.4, 0.5) is 0 Å². The number of para-hydroxylation sites is 1. The van der Waals surface area contributed by atoms with Crippen LogP contribution in [0.2, 0.25) is 5.02 Å². The number of aromatic nitrogens is 2. The minimum absolute atomic E-state index is 0.275. The molecule has 2 N–H and O–H groups in total. The zero-order valence-corrected chi connectivity index (χ0v) is 12.8. The Balaban J connectivity index is 1.78. The molecule has 104 valence electrons. The van der Waals surface area contributed by atoms with Crippen LogP contribution in [0.25, 0.3) is 10.9 Å². The molecule has 0 spiro atoms. The number of rotatable bonds is 5. The largest absolute Gasteiger partial charge is 0.356 e. The van der Waals surface area contributed by atoms with Gasteiger partial charge in [0.2, 0.25) is 0 Å². The first-order valence-electron chi connectivity index (χ1n) is 6.67. The second kappa shape index (κ2) is 5.95. The van der Waals surface area contributed by atoms with Crippen LogP contribution >= 0.6 is 22.9 Å². The summed E-state index contributed by atoms with van der Waals surface area (Å²) in [4.78, 5) is 7.75. The van der Waals surface area contributed by atoms with Crippen molar-refractivity contribution in [3.63, 3.8) is 0 Å². The summed E-state index contributed by atoms with van der Waals surface area (Å²) in [6, 6.07) is 8.37. The Bertz CT molecular complexity index is 690. The van der Waals surface area contributed by atoms with Crippen LogP contribution in [0, 0.1) is 0 Å². The van der Waals surface area contributed by atoms with Gasteiger partial charge in [-0.2, -0.15) is 0 Å². The molecular formula is C15H16ClN3S. The van der Waals surface area contributed by atoms with E-state index in [-0.39, 0.29) is 6.04 Å². The van der Waals surface area contributed by atoms with Crippen LogP contribution in [0.1, 0.15) is 30.1 Å². The highest BCUT2D eigenvalue weighted by Crippen LogP contribution is 2.28. The summed E-state index contributed by atoms with van der Waals surface area (Å²) in [5.41, 5.74) is 2.11. The molecule has 0 aliphatic carbocycles. The van der Waals surface area contributed by atoms with E-state index in [2.05, 4.69) is 22.2 Å². The molecule has 3 aromatic rings. The van der Waals surface area contributed by atoms with Crippen molar-refractivity contribution in [1.29, 1.82) is 0 Å². The molecule has 1 unspecified atom stereocenters. The minimum atomic E-state index is 0.275. The fraction of sp³-hybridized carbons (Fsp3) is 0.267. The average molecular weight is 306 g/mol.